The summed E-state index contributed by atoms with van der Waals surface area (Å²) in [5.41, 5.74) is -0.104. The first kappa shape index (κ1) is 13.1. The van der Waals surface area contributed by atoms with Crippen LogP contribution in [-0.4, -0.2) is 34.8 Å². The Hall–Kier alpha value is -1.98. The fraction of sp³-hybridized carbons (Fsp3) is 0.455. The summed E-state index contributed by atoms with van der Waals surface area (Å²) in [5, 5.41) is 9.78. The van der Waals surface area contributed by atoms with Crippen LogP contribution in [-0.2, 0) is 16.5 Å². The predicted molar refractivity (Wildman–Crippen MR) is 59.0 cm³/mol. The highest BCUT2D eigenvalue weighted by molar-refractivity contribution is 5.99. The molecule has 0 fully saturated rings. The minimum absolute atomic E-state index is 0.0441. The Morgan fingerprint density at radius 3 is 2.29 bits per heavy atom. The Labute approximate surface area is 98.7 Å². The summed E-state index contributed by atoms with van der Waals surface area (Å²) in [4.78, 5) is 23.0. The van der Waals surface area contributed by atoms with Crippen molar-refractivity contribution in [3.8, 4) is 5.75 Å². The summed E-state index contributed by atoms with van der Waals surface area (Å²) in [6.07, 6.45) is 1.33. The summed E-state index contributed by atoms with van der Waals surface area (Å²) in [7, 11) is 1.54. The molecular weight excluding hydrogens is 226 g/mol. The molecule has 0 bridgehead atoms. The molecule has 0 aliphatic heterocycles. The second-order valence-electron chi connectivity index (χ2n) is 3.29. The van der Waals surface area contributed by atoms with Gasteiger partial charge in [0.2, 0.25) is 0 Å². The molecule has 17 heavy (non-hydrogen) atoms. The zero-order chi connectivity index (χ0) is 13.0. The molecule has 0 aliphatic rings. The molecule has 0 spiro atoms. The standard InChI is InChI=1S/C11H15NO5/c1-4-16-10(14)7-6-12(3)8(9(7)13)11(15)17-5-2/h6,13H,4-5H2,1-3H3. The Balaban J connectivity index is 3.09. The van der Waals surface area contributed by atoms with E-state index in [0.29, 0.717) is 0 Å². The minimum Gasteiger partial charge on any atom is -0.505 e. The second-order valence-corrected chi connectivity index (χ2v) is 3.29. The average molecular weight is 241 g/mol. The molecule has 1 aromatic heterocycles. The molecule has 0 unspecified atom stereocenters. The van der Waals surface area contributed by atoms with Gasteiger partial charge in [-0.2, -0.15) is 0 Å². The van der Waals surface area contributed by atoms with Gasteiger partial charge in [-0.15, -0.1) is 0 Å². The third kappa shape index (κ3) is 2.58. The molecule has 6 heteroatoms. The van der Waals surface area contributed by atoms with Crippen LogP contribution in [0.2, 0.25) is 0 Å². The van der Waals surface area contributed by atoms with Crippen molar-refractivity contribution in [2.24, 2.45) is 7.05 Å². The highest BCUT2D eigenvalue weighted by Gasteiger charge is 2.25. The molecule has 1 N–H and O–H groups in total. The van der Waals surface area contributed by atoms with Crippen molar-refractivity contribution in [2.75, 3.05) is 13.2 Å². The van der Waals surface area contributed by atoms with Crippen LogP contribution in [0.15, 0.2) is 6.20 Å². The van der Waals surface area contributed by atoms with Gasteiger partial charge in [0.15, 0.2) is 11.4 Å². The van der Waals surface area contributed by atoms with E-state index in [-0.39, 0.29) is 24.5 Å². The molecule has 0 atom stereocenters. The van der Waals surface area contributed by atoms with Crippen molar-refractivity contribution in [1.29, 1.82) is 0 Å². The lowest BCUT2D eigenvalue weighted by Gasteiger charge is -2.03. The van der Waals surface area contributed by atoms with Gasteiger partial charge in [-0.1, -0.05) is 0 Å². The lowest BCUT2D eigenvalue weighted by atomic mass is 10.3. The fourth-order valence-electron chi connectivity index (χ4n) is 1.41. The Morgan fingerprint density at radius 2 is 1.76 bits per heavy atom. The molecular formula is C11H15NO5. The van der Waals surface area contributed by atoms with Gasteiger partial charge < -0.3 is 19.1 Å². The van der Waals surface area contributed by atoms with Crippen molar-refractivity contribution < 1.29 is 24.2 Å². The van der Waals surface area contributed by atoms with E-state index >= 15 is 0 Å². The van der Waals surface area contributed by atoms with E-state index in [1.807, 2.05) is 0 Å². The van der Waals surface area contributed by atoms with Gasteiger partial charge in [0.05, 0.1) is 13.2 Å². The van der Waals surface area contributed by atoms with Crippen molar-refractivity contribution >= 4 is 11.9 Å². The monoisotopic (exact) mass is 241 g/mol. The van der Waals surface area contributed by atoms with Crippen LogP contribution in [0.4, 0.5) is 0 Å². The SMILES string of the molecule is CCOC(=O)c1cn(C)c(C(=O)OCC)c1O. The number of hydrogen-bond acceptors (Lipinski definition) is 5. The van der Waals surface area contributed by atoms with Crippen molar-refractivity contribution in [2.45, 2.75) is 13.8 Å². The maximum atomic E-state index is 11.5. The largest absolute Gasteiger partial charge is 0.505 e. The molecule has 0 radical (unpaired) electrons. The topological polar surface area (TPSA) is 77.8 Å². The predicted octanol–water partition coefficient (Wildman–Crippen LogP) is 1.08. The molecule has 0 aromatic carbocycles. The number of rotatable bonds is 4. The first-order valence-electron chi connectivity index (χ1n) is 5.25. The van der Waals surface area contributed by atoms with Gasteiger partial charge in [0.1, 0.15) is 5.56 Å². The molecule has 0 saturated heterocycles. The van der Waals surface area contributed by atoms with E-state index in [9.17, 15) is 14.7 Å². The Morgan fingerprint density at radius 1 is 1.24 bits per heavy atom. The normalized spacial score (nSPS) is 10.1. The summed E-state index contributed by atoms with van der Waals surface area (Å²) in [6, 6.07) is 0. The lowest BCUT2D eigenvalue weighted by Crippen LogP contribution is -2.09. The molecule has 94 valence electrons. The molecule has 0 amide bonds. The van der Waals surface area contributed by atoms with Gasteiger partial charge >= 0.3 is 11.9 Å². The summed E-state index contributed by atoms with van der Waals surface area (Å²) < 4.78 is 10.9. The third-order valence-corrected chi connectivity index (χ3v) is 2.12. The molecule has 0 aliphatic carbocycles. The average Bonchev–Trinajstić information content (AvgIpc) is 2.55. The van der Waals surface area contributed by atoms with E-state index in [4.69, 9.17) is 9.47 Å². The summed E-state index contributed by atoms with van der Waals surface area (Å²) in [5.74, 6) is -1.76. The van der Waals surface area contributed by atoms with Crippen molar-refractivity contribution in [1.82, 2.24) is 4.57 Å². The van der Waals surface area contributed by atoms with Crippen LogP contribution in [0.1, 0.15) is 34.7 Å². The van der Waals surface area contributed by atoms with E-state index in [1.54, 1.807) is 13.8 Å². The van der Waals surface area contributed by atoms with E-state index in [2.05, 4.69) is 0 Å². The number of carbonyl (C=O) groups excluding carboxylic acids is 2. The van der Waals surface area contributed by atoms with Crippen molar-refractivity contribution in [3.63, 3.8) is 0 Å². The fourth-order valence-corrected chi connectivity index (χ4v) is 1.41. The third-order valence-electron chi connectivity index (χ3n) is 2.12. The number of aryl methyl sites for hydroxylation is 1. The lowest BCUT2D eigenvalue weighted by molar-refractivity contribution is 0.0511. The van der Waals surface area contributed by atoms with Gasteiger partial charge in [0, 0.05) is 13.2 Å². The summed E-state index contributed by atoms with van der Waals surface area (Å²) >= 11 is 0. The highest BCUT2D eigenvalue weighted by atomic mass is 16.5. The van der Waals surface area contributed by atoms with Crippen LogP contribution < -0.4 is 0 Å². The van der Waals surface area contributed by atoms with Crippen LogP contribution >= 0.6 is 0 Å². The minimum atomic E-state index is -0.678. The maximum absolute atomic E-state index is 11.5. The molecule has 1 rings (SSSR count). The van der Waals surface area contributed by atoms with Crippen LogP contribution in [0.5, 0.6) is 5.75 Å². The second kappa shape index (κ2) is 5.38. The van der Waals surface area contributed by atoms with Gasteiger partial charge in [0.25, 0.3) is 0 Å². The van der Waals surface area contributed by atoms with Gasteiger partial charge in [-0.3, -0.25) is 0 Å². The first-order valence-corrected chi connectivity index (χ1v) is 5.25. The summed E-state index contributed by atoms with van der Waals surface area (Å²) in [6.45, 7) is 3.70. The number of ether oxygens (including phenoxy) is 2. The zero-order valence-corrected chi connectivity index (χ0v) is 10.0. The van der Waals surface area contributed by atoms with Gasteiger partial charge in [-0.05, 0) is 13.8 Å². The zero-order valence-electron chi connectivity index (χ0n) is 10.0. The van der Waals surface area contributed by atoms with Crippen LogP contribution in [0, 0.1) is 0 Å². The van der Waals surface area contributed by atoms with Crippen molar-refractivity contribution in [3.05, 3.63) is 17.5 Å². The number of aromatic nitrogens is 1. The van der Waals surface area contributed by atoms with E-state index in [1.165, 1.54) is 17.8 Å². The molecule has 6 nitrogen and oxygen atoms in total. The Bertz CT molecular complexity index is 435. The maximum Gasteiger partial charge on any atom is 0.358 e. The smallest absolute Gasteiger partial charge is 0.358 e. The quantitative estimate of drug-likeness (QED) is 0.798. The first-order chi connectivity index (χ1) is 8.02. The number of esters is 2. The molecule has 1 aromatic rings. The van der Waals surface area contributed by atoms with Crippen LogP contribution in [0.25, 0.3) is 0 Å². The number of nitrogens with zero attached hydrogens (tertiary/aromatic N) is 1. The van der Waals surface area contributed by atoms with Crippen LogP contribution in [0.3, 0.4) is 0 Å². The van der Waals surface area contributed by atoms with E-state index in [0.717, 1.165) is 0 Å². The molecule has 1 heterocycles. The molecule has 0 saturated carbocycles. The highest BCUT2D eigenvalue weighted by Crippen LogP contribution is 2.25. The van der Waals surface area contributed by atoms with E-state index < -0.39 is 17.7 Å². The number of carbonyl (C=O) groups is 2. The number of hydrogen-bond donors (Lipinski definition) is 1. The number of aromatic hydroxyl groups is 1. The van der Waals surface area contributed by atoms with Gasteiger partial charge in [-0.25, -0.2) is 9.59 Å². The Kier molecular flexibility index (Phi) is 4.14.